The number of hydrogen-bond acceptors (Lipinski definition) is 5. The molecule has 0 radical (unpaired) electrons. The molecule has 8 heteroatoms. The van der Waals surface area contributed by atoms with E-state index in [0.717, 1.165) is 43.0 Å². The highest BCUT2D eigenvalue weighted by Gasteiger charge is 2.31. The van der Waals surface area contributed by atoms with E-state index in [1.165, 1.54) is 67.0 Å². The van der Waals surface area contributed by atoms with E-state index in [1.54, 1.807) is 12.1 Å². The summed E-state index contributed by atoms with van der Waals surface area (Å²) in [6, 6.07) is 6.24. The van der Waals surface area contributed by atoms with E-state index in [4.69, 9.17) is 4.79 Å². The SMILES string of the molecule is CC.CC=O.CCCC.CCCNc1ccc(OC(F)(F)F)cc1.CN=C(C)C1=C(C)CC(C2=CNC(C3CC3)C=C2)=C1. The zero-order chi connectivity index (χ0) is 32.8. The van der Waals surface area contributed by atoms with Crippen LogP contribution in [0.2, 0.25) is 0 Å². The first kappa shape index (κ1) is 39.7. The Morgan fingerprint density at radius 3 is 2.09 bits per heavy atom. The van der Waals surface area contributed by atoms with Crippen LogP contribution in [0.4, 0.5) is 18.9 Å². The predicted octanol–water partition coefficient (Wildman–Crippen LogP) is 9.99. The maximum absolute atomic E-state index is 11.8. The molecule has 0 spiro atoms. The van der Waals surface area contributed by atoms with Gasteiger partial charge in [-0.15, -0.1) is 13.2 Å². The van der Waals surface area contributed by atoms with Gasteiger partial charge in [0.05, 0.1) is 0 Å². The Labute approximate surface area is 258 Å². The maximum atomic E-state index is 11.8. The first-order chi connectivity index (χ1) is 20.5. The number of rotatable bonds is 8. The number of aliphatic imine (C=N–C) groups is 1. The third-order valence-corrected chi connectivity index (χ3v) is 6.54. The predicted molar refractivity (Wildman–Crippen MR) is 177 cm³/mol. The number of carbonyl (C=O) groups excluding carboxylic acids is 1. The number of anilines is 1. The van der Waals surface area contributed by atoms with Gasteiger partial charge in [-0.1, -0.05) is 65.2 Å². The van der Waals surface area contributed by atoms with Crippen molar-refractivity contribution in [2.75, 3.05) is 18.9 Å². The number of allylic oxidation sites excluding steroid dienone is 6. The Morgan fingerprint density at radius 1 is 1.09 bits per heavy atom. The average Bonchev–Trinajstić information content (AvgIpc) is 3.79. The summed E-state index contributed by atoms with van der Waals surface area (Å²) in [4.78, 5) is 13.1. The highest BCUT2D eigenvalue weighted by Crippen LogP contribution is 2.36. The van der Waals surface area contributed by atoms with Crippen LogP contribution >= 0.6 is 0 Å². The summed E-state index contributed by atoms with van der Waals surface area (Å²) in [5.74, 6) is 0.668. The molecule has 1 saturated carbocycles. The fraction of sp³-hybridized carbons (Fsp3) is 0.543. The van der Waals surface area contributed by atoms with Gasteiger partial charge in [0.2, 0.25) is 0 Å². The Kier molecular flexibility index (Phi) is 20.6. The number of unbranched alkanes of at least 4 members (excludes halogenated alkanes) is 1. The van der Waals surface area contributed by atoms with Gasteiger partial charge >= 0.3 is 6.36 Å². The van der Waals surface area contributed by atoms with Crippen molar-refractivity contribution < 1.29 is 22.7 Å². The number of alkyl halides is 3. The highest BCUT2D eigenvalue weighted by molar-refractivity contribution is 6.02. The van der Waals surface area contributed by atoms with Crippen LogP contribution in [-0.2, 0) is 4.79 Å². The molecule has 1 fully saturated rings. The molecule has 1 aromatic carbocycles. The third-order valence-electron chi connectivity index (χ3n) is 6.54. The Hall–Kier alpha value is -3.29. The number of benzene rings is 1. The summed E-state index contributed by atoms with van der Waals surface area (Å²) >= 11 is 0. The second kappa shape index (κ2) is 22.3. The van der Waals surface area contributed by atoms with Crippen LogP contribution in [0.5, 0.6) is 5.75 Å². The number of dihydropyridines is 1. The van der Waals surface area contributed by atoms with E-state index in [1.807, 2.05) is 27.8 Å². The average molecular weight is 606 g/mol. The standard InChI is InChI=1S/C17H22N2.C10H12F3NO.C4H10.C2H4O.C2H6/c1-11-8-15(9-16(11)12(2)18-3)14-6-7-17(19-10-14)13-4-5-13;1-2-7-14-8-3-5-9(6-4-8)15-10(11,12)13;1-3-4-2;1-2-3;1-2/h6-7,9-10,13,17,19H,4-5,8H2,1-3H3;3-6,14H,2,7H2,1H3;3-4H2,1-2H3;2H,1H3;1-2H3. The molecular weight excluding hydrogens is 551 g/mol. The molecule has 2 N–H and O–H groups in total. The first-order valence-corrected chi connectivity index (χ1v) is 15.5. The number of carbonyl (C=O) groups is 1. The summed E-state index contributed by atoms with van der Waals surface area (Å²) in [5, 5.41) is 6.59. The fourth-order valence-electron chi connectivity index (χ4n) is 3.94. The summed E-state index contributed by atoms with van der Waals surface area (Å²) in [5.41, 5.74) is 7.40. The van der Waals surface area contributed by atoms with E-state index in [0.29, 0.717) is 6.04 Å². The second-order valence-electron chi connectivity index (χ2n) is 10.1. The van der Waals surface area contributed by atoms with Gasteiger partial charge in [-0.2, -0.15) is 0 Å². The number of nitrogens with zero attached hydrogens (tertiary/aromatic N) is 1. The van der Waals surface area contributed by atoms with Crippen molar-refractivity contribution >= 4 is 17.7 Å². The monoisotopic (exact) mass is 605 g/mol. The lowest BCUT2D eigenvalue weighted by molar-refractivity contribution is -0.274. The van der Waals surface area contributed by atoms with Crippen molar-refractivity contribution in [1.29, 1.82) is 0 Å². The molecule has 242 valence electrons. The quantitative estimate of drug-likeness (QED) is 0.229. The van der Waals surface area contributed by atoms with Crippen molar-refractivity contribution in [3.63, 3.8) is 0 Å². The smallest absolute Gasteiger partial charge is 0.406 e. The lowest BCUT2D eigenvalue weighted by Gasteiger charge is -2.18. The highest BCUT2D eigenvalue weighted by atomic mass is 19.4. The van der Waals surface area contributed by atoms with Crippen LogP contribution in [-0.4, -0.2) is 38.0 Å². The van der Waals surface area contributed by atoms with E-state index in [-0.39, 0.29) is 5.75 Å². The number of halogens is 3. The number of nitrogens with one attached hydrogen (secondary N) is 2. The van der Waals surface area contributed by atoms with Crippen molar-refractivity contribution in [3.05, 3.63) is 71.0 Å². The van der Waals surface area contributed by atoms with Crippen molar-refractivity contribution in [2.45, 2.75) is 106 Å². The summed E-state index contributed by atoms with van der Waals surface area (Å²) in [6.07, 6.45) is 12.7. The molecule has 0 amide bonds. The first-order valence-electron chi connectivity index (χ1n) is 15.5. The summed E-state index contributed by atoms with van der Waals surface area (Å²) in [7, 11) is 1.86. The zero-order valence-electron chi connectivity index (χ0n) is 27.7. The zero-order valence-corrected chi connectivity index (χ0v) is 27.7. The molecule has 2 aliphatic carbocycles. The number of hydrogen-bond donors (Lipinski definition) is 2. The normalized spacial score (nSPS) is 17.1. The molecule has 0 aromatic heterocycles. The van der Waals surface area contributed by atoms with Gasteiger partial charge in [0.1, 0.15) is 12.0 Å². The van der Waals surface area contributed by atoms with Crippen molar-refractivity contribution in [2.24, 2.45) is 10.9 Å². The van der Waals surface area contributed by atoms with Gasteiger partial charge in [-0.3, -0.25) is 4.99 Å². The Balaban J connectivity index is 0.000000656. The van der Waals surface area contributed by atoms with E-state index in [9.17, 15) is 13.2 Å². The molecule has 4 rings (SSSR count). The number of ether oxygens (including phenoxy) is 1. The largest absolute Gasteiger partial charge is 0.573 e. The van der Waals surface area contributed by atoms with Gasteiger partial charge in [0, 0.05) is 37.2 Å². The van der Waals surface area contributed by atoms with Crippen LogP contribution in [0.1, 0.15) is 93.9 Å². The molecule has 0 bridgehead atoms. The minimum Gasteiger partial charge on any atom is -0.406 e. The van der Waals surface area contributed by atoms with Gasteiger partial charge in [0.15, 0.2) is 0 Å². The van der Waals surface area contributed by atoms with Crippen LogP contribution < -0.4 is 15.4 Å². The maximum Gasteiger partial charge on any atom is 0.573 e. The van der Waals surface area contributed by atoms with Gasteiger partial charge in [-0.25, -0.2) is 0 Å². The third kappa shape index (κ3) is 16.8. The second-order valence-corrected chi connectivity index (χ2v) is 10.1. The Bertz CT molecular complexity index is 1080. The summed E-state index contributed by atoms with van der Waals surface area (Å²) in [6.45, 7) is 16.9. The Morgan fingerprint density at radius 2 is 1.67 bits per heavy atom. The molecule has 3 aliphatic rings. The van der Waals surface area contributed by atoms with Crippen LogP contribution in [0.25, 0.3) is 0 Å². The topological polar surface area (TPSA) is 62.7 Å². The molecule has 0 saturated heterocycles. The summed E-state index contributed by atoms with van der Waals surface area (Å²) < 4.78 is 39.2. The molecule has 1 aliphatic heterocycles. The molecule has 1 heterocycles. The molecule has 1 unspecified atom stereocenters. The fourth-order valence-corrected chi connectivity index (χ4v) is 3.94. The lowest BCUT2D eigenvalue weighted by atomic mass is 9.99. The molecular formula is C35H54F3N3O2. The van der Waals surface area contributed by atoms with Crippen LogP contribution in [0.15, 0.2) is 76.0 Å². The van der Waals surface area contributed by atoms with Crippen molar-refractivity contribution in [3.8, 4) is 5.75 Å². The molecule has 1 atom stereocenters. The van der Waals surface area contributed by atoms with E-state index in [2.05, 4.69) is 72.5 Å². The van der Waals surface area contributed by atoms with Gasteiger partial charge in [0.25, 0.3) is 0 Å². The number of aldehydes is 1. The molecule has 43 heavy (non-hydrogen) atoms. The minimum atomic E-state index is -4.63. The van der Waals surface area contributed by atoms with Gasteiger partial charge < -0.3 is 20.2 Å². The van der Waals surface area contributed by atoms with Gasteiger partial charge in [-0.05, 0) is 99.4 Å². The molecule has 5 nitrogen and oxygen atoms in total. The van der Waals surface area contributed by atoms with Crippen LogP contribution in [0, 0.1) is 5.92 Å². The van der Waals surface area contributed by atoms with Crippen LogP contribution in [0.3, 0.4) is 0 Å². The van der Waals surface area contributed by atoms with E-state index < -0.39 is 6.36 Å². The van der Waals surface area contributed by atoms with Crippen molar-refractivity contribution in [1.82, 2.24) is 5.32 Å². The molecule has 1 aromatic rings. The van der Waals surface area contributed by atoms with E-state index >= 15 is 0 Å². The lowest BCUT2D eigenvalue weighted by Crippen LogP contribution is -2.26. The minimum absolute atomic E-state index is 0.204.